The van der Waals surface area contributed by atoms with E-state index >= 15 is 0 Å². The first-order chi connectivity index (χ1) is 14.9. The van der Waals surface area contributed by atoms with Crippen LogP contribution in [0.25, 0.3) is 5.57 Å². The molecule has 3 rings (SSSR count). The molecule has 0 spiro atoms. The number of aromatic nitrogens is 1. The summed E-state index contributed by atoms with van der Waals surface area (Å²) in [5, 5.41) is 5.19. The van der Waals surface area contributed by atoms with Crippen molar-refractivity contribution in [3.63, 3.8) is 0 Å². The second-order valence-corrected chi connectivity index (χ2v) is 7.01. The molecule has 0 unspecified atom stereocenters. The second-order valence-electron chi connectivity index (χ2n) is 6.61. The molecule has 0 fully saturated rings. The van der Waals surface area contributed by atoms with Crippen molar-refractivity contribution in [2.45, 2.75) is 12.8 Å². The molecule has 2 amide bonds. The Hall–Kier alpha value is -3.17. The number of benzene rings is 1. The SMILES string of the molecule is C=C(CCNC(=O)c1cnc(C2=CCOCC2)o1)NC(=O)COc1ccc(Cl)c(F)c1. The Labute approximate surface area is 183 Å². The van der Waals surface area contributed by atoms with Crippen LogP contribution in [0.5, 0.6) is 5.75 Å². The van der Waals surface area contributed by atoms with Crippen LogP contribution in [0.3, 0.4) is 0 Å². The highest BCUT2D eigenvalue weighted by atomic mass is 35.5. The molecule has 1 aliphatic heterocycles. The van der Waals surface area contributed by atoms with Crippen molar-refractivity contribution in [2.24, 2.45) is 0 Å². The first kappa shape index (κ1) is 22.5. The maximum Gasteiger partial charge on any atom is 0.288 e. The fraction of sp³-hybridized carbons (Fsp3) is 0.286. The van der Waals surface area contributed by atoms with Crippen molar-refractivity contribution < 1.29 is 27.9 Å². The number of oxazole rings is 1. The Morgan fingerprint density at radius 2 is 2.19 bits per heavy atom. The highest BCUT2D eigenvalue weighted by Crippen LogP contribution is 2.21. The molecule has 1 aliphatic rings. The Bertz CT molecular complexity index is 1000. The average Bonchev–Trinajstić information content (AvgIpc) is 3.25. The molecule has 2 aromatic rings. The summed E-state index contributed by atoms with van der Waals surface area (Å²) in [4.78, 5) is 28.2. The summed E-state index contributed by atoms with van der Waals surface area (Å²) in [6.07, 6.45) is 4.22. The van der Waals surface area contributed by atoms with Gasteiger partial charge in [0.25, 0.3) is 11.8 Å². The van der Waals surface area contributed by atoms with Gasteiger partial charge in [0, 0.05) is 36.7 Å². The number of nitrogens with zero attached hydrogens (tertiary/aromatic N) is 1. The zero-order valence-electron chi connectivity index (χ0n) is 16.6. The van der Waals surface area contributed by atoms with Gasteiger partial charge < -0.3 is 24.5 Å². The summed E-state index contributed by atoms with van der Waals surface area (Å²) < 4.78 is 29.3. The van der Waals surface area contributed by atoms with E-state index in [0.717, 1.165) is 11.6 Å². The van der Waals surface area contributed by atoms with E-state index in [1.165, 1.54) is 18.3 Å². The highest BCUT2D eigenvalue weighted by molar-refractivity contribution is 6.30. The van der Waals surface area contributed by atoms with Crippen LogP contribution in [0.1, 0.15) is 29.3 Å². The number of rotatable bonds is 9. The fourth-order valence-corrected chi connectivity index (χ4v) is 2.79. The lowest BCUT2D eigenvalue weighted by molar-refractivity contribution is -0.122. The van der Waals surface area contributed by atoms with Gasteiger partial charge in [-0.3, -0.25) is 9.59 Å². The van der Waals surface area contributed by atoms with Crippen LogP contribution in [0, 0.1) is 5.82 Å². The van der Waals surface area contributed by atoms with Crippen molar-refractivity contribution >= 4 is 29.0 Å². The molecule has 0 radical (unpaired) electrons. The van der Waals surface area contributed by atoms with E-state index < -0.39 is 17.6 Å². The van der Waals surface area contributed by atoms with Crippen LogP contribution in [-0.2, 0) is 9.53 Å². The monoisotopic (exact) mass is 449 g/mol. The van der Waals surface area contributed by atoms with E-state index in [4.69, 9.17) is 25.5 Å². The topological polar surface area (TPSA) is 103 Å². The van der Waals surface area contributed by atoms with E-state index in [9.17, 15) is 14.0 Å². The van der Waals surface area contributed by atoms with Gasteiger partial charge in [0.05, 0.1) is 24.4 Å². The van der Waals surface area contributed by atoms with Crippen molar-refractivity contribution in [2.75, 3.05) is 26.4 Å². The molecule has 0 atom stereocenters. The van der Waals surface area contributed by atoms with Gasteiger partial charge in [-0.15, -0.1) is 0 Å². The van der Waals surface area contributed by atoms with Gasteiger partial charge in [-0.1, -0.05) is 24.3 Å². The largest absolute Gasteiger partial charge is 0.484 e. The molecule has 31 heavy (non-hydrogen) atoms. The summed E-state index contributed by atoms with van der Waals surface area (Å²) in [5.74, 6) is -0.831. The highest BCUT2D eigenvalue weighted by Gasteiger charge is 2.16. The fourth-order valence-electron chi connectivity index (χ4n) is 2.67. The summed E-state index contributed by atoms with van der Waals surface area (Å²) in [6, 6.07) is 3.88. The Morgan fingerprint density at radius 1 is 1.35 bits per heavy atom. The zero-order chi connectivity index (χ0) is 22.2. The number of hydrogen-bond donors (Lipinski definition) is 2. The van der Waals surface area contributed by atoms with E-state index in [1.54, 1.807) is 0 Å². The molecular formula is C21H21ClFN3O5. The third-order valence-electron chi connectivity index (χ3n) is 4.26. The van der Waals surface area contributed by atoms with Gasteiger partial charge in [-0.2, -0.15) is 0 Å². The molecule has 2 heterocycles. The Balaban J connectivity index is 1.37. The summed E-state index contributed by atoms with van der Waals surface area (Å²) >= 11 is 5.59. The molecular weight excluding hydrogens is 429 g/mol. The van der Waals surface area contributed by atoms with Crippen molar-refractivity contribution in [3.8, 4) is 5.75 Å². The number of carbonyl (C=O) groups is 2. The van der Waals surface area contributed by atoms with E-state index in [-0.39, 0.29) is 29.7 Å². The minimum Gasteiger partial charge on any atom is -0.484 e. The van der Waals surface area contributed by atoms with Crippen LogP contribution < -0.4 is 15.4 Å². The maximum absolute atomic E-state index is 13.4. The van der Waals surface area contributed by atoms with Gasteiger partial charge in [-0.25, -0.2) is 9.37 Å². The quantitative estimate of drug-likeness (QED) is 0.609. The first-order valence-corrected chi connectivity index (χ1v) is 9.87. The van der Waals surface area contributed by atoms with Crippen molar-refractivity contribution in [1.82, 2.24) is 15.6 Å². The van der Waals surface area contributed by atoms with E-state index in [1.807, 2.05) is 6.08 Å². The third kappa shape index (κ3) is 6.66. The van der Waals surface area contributed by atoms with Crippen LogP contribution in [0.4, 0.5) is 4.39 Å². The molecule has 1 aromatic carbocycles. The maximum atomic E-state index is 13.4. The lowest BCUT2D eigenvalue weighted by Crippen LogP contribution is -2.30. The standard InChI is InChI=1S/C21H21ClFN3O5/c1-13(26-19(27)12-30-15-2-3-16(22)17(23)10-15)4-7-24-20(28)18-11-25-21(31-18)14-5-8-29-9-6-14/h2-3,5,10-11H,1,4,6-9,12H2,(H,24,28)(H,26,27). The van der Waals surface area contributed by atoms with Crippen LogP contribution in [-0.4, -0.2) is 43.2 Å². The van der Waals surface area contributed by atoms with Gasteiger partial charge >= 0.3 is 0 Å². The lowest BCUT2D eigenvalue weighted by atomic mass is 10.1. The molecule has 0 saturated carbocycles. The minimum absolute atomic E-state index is 0.0329. The van der Waals surface area contributed by atoms with Crippen LogP contribution >= 0.6 is 11.6 Å². The molecule has 0 aliphatic carbocycles. The van der Waals surface area contributed by atoms with Gasteiger partial charge in [0.2, 0.25) is 11.7 Å². The third-order valence-corrected chi connectivity index (χ3v) is 4.56. The molecule has 164 valence electrons. The number of nitrogens with one attached hydrogen (secondary N) is 2. The number of halogens is 2. The predicted molar refractivity (Wildman–Crippen MR) is 111 cm³/mol. The number of carbonyl (C=O) groups excluding carboxylic acids is 2. The molecule has 0 saturated heterocycles. The smallest absolute Gasteiger partial charge is 0.288 e. The van der Waals surface area contributed by atoms with E-state index in [0.29, 0.717) is 37.6 Å². The van der Waals surface area contributed by atoms with Crippen LogP contribution in [0.2, 0.25) is 5.02 Å². The number of hydrogen-bond acceptors (Lipinski definition) is 6. The molecule has 0 bridgehead atoms. The minimum atomic E-state index is -0.636. The van der Waals surface area contributed by atoms with Gasteiger partial charge in [-0.05, 0) is 12.1 Å². The molecule has 2 N–H and O–H groups in total. The molecule has 10 heteroatoms. The average molecular weight is 450 g/mol. The van der Waals surface area contributed by atoms with Crippen molar-refractivity contribution in [3.05, 3.63) is 65.2 Å². The lowest BCUT2D eigenvalue weighted by Gasteiger charge is -2.10. The Morgan fingerprint density at radius 3 is 2.94 bits per heavy atom. The normalized spacial score (nSPS) is 13.3. The first-order valence-electron chi connectivity index (χ1n) is 9.49. The van der Waals surface area contributed by atoms with Gasteiger partial charge in [0.1, 0.15) is 11.6 Å². The Kier molecular flexibility index (Phi) is 7.80. The van der Waals surface area contributed by atoms with Crippen molar-refractivity contribution in [1.29, 1.82) is 0 Å². The predicted octanol–water partition coefficient (Wildman–Crippen LogP) is 3.10. The van der Waals surface area contributed by atoms with E-state index in [2.05, 4.69) is 22.2 Å². The molecule has 1 aromatic heterocycles. The number of amides is 2. The second kappa shape index (κ2) is 10.7. The summed E-state index contributed by atoms with van der Waals surface area (Å²) in [6.45, 7) is 4.73. The molecule has 8 nitrogen and oxygen atoms in total. The summed E-state index contributed by atoms with van der Waals surface area (Å²) in [7, 11) is 0. The zero-order valence-corrected chi connectivity index (χ0v) is 17.3. The van der Waals surface area contributed by atoms with Crippen LogP contribution in [0.15, 0.2) is 47.2 Å². The summed E-state index contributed by atoms with van der Waals surface area (Å²) in [5.41, 5.74) is 1.30. The van der Waals surface area contributed by atoms with Gasteiger partial charge in [0.15, 0.2) is 6.61 Å². The number of ether oxygens (including phenoxy) is 2.